The molecule has 0 amide bonds. The summed E-state index contributed by atoms with van der Waals surface area (Å²) in [4.78, 5) is 9.86. The fraction of sp³-hybridized carbons (Fsp3) is 0. The third-order valence-corrected chi connectivity index (χ3v) is 0.727. The Hall–Kier alpha value is 1.87. The number of hydrogen-bond donors (Lipinski definition) is 1. The van der Waals surface area contributed by atoms with Gasteiger partial charge in [-0.15, -0.1) is 0 Å². The van der Waals surface area contributed by atoms with Gasteiger partial charge in [-0.3, -0.25) is 0 Å². The van der Waals surface area contributed by atoms with Crippen LogP contribution in [0, 0.1) is 4.77 Å². The summed E-state index contributed by atoms with van der Waals surface area (Å²) in [5.74, 6) is 0. The third kappa shape index (κ3) is 65.1. The van der Waals surface area contributed by atoms with Crippen molar-refractivity contribution < 1.29 is 142 Å². The number of rotatable bonds is 0. The van der Waals surface area contributed by atoms with Crippen molar-refractivity contribution in [1.82, 2.24) is 15.0 Å². The quantitative estimate of drug-likeness (QED) is 0.353. The molecule has 1 rings (SSSR count). The van der Waals surface area contributed by atoms with Crippen LogP contribution >= 0.6 is 12.2 Å². The molecule has 0 saturated carbocycles. The van der Waals surface area contributed by atoms with Crippen LogP contribution in [-0.2, 0) is 0 Å². The first-order valence-electron chi connectivity index (χ1n) is 1.74. The molecule has 19 heavy (non-hydrogen) atoms. The molecule has 114 valence electrons. The van der Waals surface area contributed by atoms with Crippen LogP contribution in [0.15, 0.2) is 12.7 Å². The number of H-pyrrole nitrogens is 1. The summed E-state index contributed by atoms with van der Waals surface area (Å²) in [6, 6.07) is 0. The molecular weight excluding hydrogens is 323 g/mol. The number of aromatic amines is 1. The first-order valence-corrected chi connectivity index (χ1v) is 2.15. The van der Waals surface area contributed by atoms with Gasteiger partial charge in [0, 0.05) is 0 Å². The molecule has 0 atom stereocenters. The number of nitrogens with zero attached hydrogens (tertiary/aromatic N) is 2. The zero-order chi connectivity index (χ0) is 5.11. The maximum absolute atomic E-state index is 4.61. The topological polar surface area (TPSA) is 325 Å². The van der Waals surface area contributed by atoms with Gasteiger partial charge in [0.25, 0.3) is 0 Å². The predicted octanol–water partition coefficient (Wildman–Crippen LogP) is -15.5. The minimum atomic E-state index is 0. The smallest absolute Gasteiger partial charge is 1.00 e. The average Bonchev–Trinajstić information content (AvgIpc) is 1.69. The van der Waals surface area contributed by atoms with Crippen molar-refractivity contribution in [2.45, 2.75) is 0 Å². The van der Waals surface area contributed by atoms with Crippen molar-refractivity contribution in [2.75, 3.05) is 0 Å². The first kappa shape index (κ1) is 105. The Kier molecular flexibility index (Phi) is 400. The zero-order valence-electron chi connectivity index (χ0n) is 14.0. The maximum atomic E-state index is 4.61. The van der Waals surface area contributed by atoms with E-state index in [1.54, 1.807) is 0 Å². The normalized spacial score (nSPS) is 3.16. The van der Waals surface area contributed by atoms with E-state index in [4.69, 9.17) is 0 Å². The van der Waals surface area contributed by atoms with E-state index in [-0.39, 0.29) is 142 Å². The van der Waals surface area contributed by atoms with Gasteiger partial charge in [-0.05, 0) is 12.2 Å². The predicted molar refractivity (Wildman–Crippen MR) is 63.1 cm³/mol. The van der Waals surface area contributed by atoms with Crippen LogP contribution in [0.1, 0.15) is 4.28 Å². The van der Waals surface area contributed by atoms with E-state index in [1.807, 2.05) is 0 Å². The molecule has 1 aromatic heterocycles. The molecule has 1 heterocycles. The van der Waals surface area contributed by atoms with Crippen LogP contribution in [0.5, 0.6) is 0 Å². The Morgan fingerprint density at radius 3 is 1.21 bits per heavy atom. The number of aromatic nitrogens is 3. The molecule has 0 aromatic carbocycles. The van der Waals surface area contributed by atoms with E-state index in [9.17, 15) is 0 Å². The fourth-order valence-corrected chi connectivity index (χ4v) is 0.349. The summed E-state index contributed by atoms with van der Waals surface area (Å²) >= 11 is 4.61. The summed E-state index contributed by atoms with van der Waals surface area (Å²) in [6.45, 7) is 0. The van der Waals surface area contributed by atoms with Crippen LogP contribution in [0.4, 0.5) is 0 Å². The van der Waals surface area contributed by atoms with Gasteiger partial charge in [0.2, 0.25) is 0 Å². The molecule has 0 spiro atoms. The molecule has 0 aliphatic rings. The second kappa shape index (κ2) is 72.6. The zero-order valence-corrected chi connectivity index (χ0v) is 17.8. The molecule has 0 saturated heterocycles. The van der Waals surface area contributed by atoms with E-state index >= 15 is 0 Å². The van der Waals surface area contributed by atoms with Gasteiger partial charge in [-0.2, -0.15) is 0 Å². The van der Waals surface area contributed by atoms with Crippen LogP contribution in [0.25, 0.3) is 0 Å². The van der Waals surface area contributed by atoms with Crippen LogP contribution in [-0.4, -0.2) is 64.2 Å². The van der Waals surface area contributed by atoms with E-state index in [2.05, 4.69) is 27.2 Å². The van der Waals surface area contributed by atoms with Crippen LogP contribution in [0.2, 0.25) is 0 Å². The van der Waals surface area contributed by atoms with Gasteiger partial charge >= 0.3 is 88.7 Å². The number of nitrogens with one attached hydrogen (secondary N) is 1. The SMILES string of the molecule is O.O.O.O.O.O.O.O.O.S=c1ncnc[nH]1.[H-].[H-].[H-].[Na+].[Na+].[Na+]. The van der Waals surface area contributed by atoms with Crippen molar-refractivity contribution in [3.05, 3.63) is 17.4 Å². The van der Waals surface area contributed by atoms with Gasteiger partial charge in [0.05, 0.1) is 6.33 Å². The van der Waals surface area contributed by atoms with Crippen molar-refractivity contribution >= 4 is 12.2 Å². The first-order chi connectivity index (χ1) is 3.39. The minimum absolute atomic E-state index is 0. The Balaban J connectivity index is -0.00000000251. The summed E-state index contributed by atoms with van der Waals surface area (Å²) in [5.41, 5.74) is 0. The Morgan fingerprint density at radius 2 is 1.11 bits per heavy atom. The van der Waals surface area contributed by atoms with Crippen molar-refractivity contribution in [3.63, 3.8) is 0 Å². The molecule has 19 N–H and O–H groups in total. The second-order valence-corrected chi connectivity index (χ2v) is 1.36. The molecular formula is C3H24N3Na3O9S. The summed E-state index contributed by atoms with van der Waals surface area (Å²) in [5, 5.41) is 0. The molecule has 0 aliphatic carbocycles. The van der Waals surface area contributed by atoms with Crippen molar-refractivity contribution in [1.29, 1.82) is 0 Å². The van der Waals surface area contributed by atoms with Gasteiger partial charge < -0.3 is 58.5 Å². The molecule has 0 unspecified atom stereocenters. The van der Waals surface area contributed by atoms with Gasteiger partial charge in [-0.25, -0.2) is 9.97 Å². The van der Waals surface area contributed by atoms with Crippen molar-refractivity contribution in [2.24, 2.45) is 0 Å². The van der Waals surface area contributed by atoms with E-state index in [1.165, 1.54) is 12.7 Å². The van der Waals surface area contributed by atoms with Crippen molar-refractivity contribution in [3.8, 4) is 0 Å². The minimum Gasteiger partial charge on any atom is -1.00 e. The summed E-state index contributed by atoms with van der Waals surface area (Å²) in [6.07, 6.45) is 2.90. The molecule has 0 bridgehead atoms. The van der Waals surface area contributed by atoms with Gasteiger partial charge in [0.15, 0.2) is 4.77 Å². The Bertz CT molecular complexity index is 216. The van der Waals surface area contributed by atoms with Gasteiger partial charge in [-0.1, -0.05) is 0 Å². The largest absolute Gasteiger partial charge is 1.00 e. The molecule has 12 nitrogen and oxygen atoms in total. The van der Waals surface area contributed by atoms with Crippen LogP contribution in [0.3, 0.4) is 0 Å². The molecule has 0 radical (unpaired) electrons. The number of hydrogen-bond acceptors (Lipinski definition) is 3. The molecule has 1 aromatic rings. The molecule has 0 aliphatic heterocycles. The van der Waals surface area contributed by atoms with Crippen LogP contribution < -0.4 is 88.7 Å². The monoisotopic (exact) mass is 347 g/mol. The van der Waals surface area contributed by atoms with E-state index < -0.39 is 0 Å². The third-order valence-electron chi connectivity index (χ3n) is 0.504. The van der Waals surface area contributed by atoms with E-state index in [0.717, 1.165) is 0 Å². The van der Waals surface area contributed by atoms with E-state index in [0.29, 0.717) is 4.77 Å². The maximum Gasteiger partial charge on any atom is 1.00 e. The second-order valence-electron chi connectivity index (χ2n) is 0.972. The Morgan fingerprint density at radius 1 is 0.789 bits per heavy atom. The fourth-order valence-electron chi connectivity index (χ4n) is 0.249. The summed E-state index contributed by atoms with van der Waals surface area (Å²) in [7, 11) is 0. The summed E-state index contributed by atoms with van der Waals surface area (Å²) < 4.78 is 0.468. The Labute approximate surface area is 184 Å². The standard InChI is InChI=1S/C3H3N3S.3Na.9H2O.3H/c7-3-5-1-4-2-6-3;;;;;;;;;;;;;;;/h1-2H,(H,4,5,6,7);;;;9*1H2;;;/q;3*+1;;;;;;;;;;3*-1. The van der Waals surface area contributed by atoms with Gasteiger partial charge in [0.1, 0.15) is 6.33 Å². The molecule has 0 fully saturated rings. The average molecular weight is 347 g/mol. The molecule has 16 heteroatoms.